The van der Waals surface area contributed by atoms with Crippen molar-refractivity contribution in [3.8, 4) is 11.8 Å². The lowest BCUT2D eigenvalue weighted by atomic mass is 10.2. The molecule has 0 aliphatic rings. The number of hydrogen-bond donors (Lipinski definition) is 1. The number of rotatable bonds is 6. The van der Waals surface area contributed by atoms with Gasteiger partial charge in [-0.15, -0.1) is 11.8 Å². The summed E-state index contributed by atoms with van der Waals surface area (Å²) in [6.45, 7) is 3.02. The van der Waals surface area contributed by atoms with Gasteiger partial charge in [-0.05, 0) is 25.8 Å². The minimum Gasteiger partial charge on any atom is -0.330 e. The molecule has 0 saturated heterocycles. The van der Waals surface area contributed by atoms with Crippen LogP contribution in [0.2, 0.25) is 0 Å². The van der Waals surface area contributed by atoms with E-state index in [0.29, 0.717) is 0 Å². The van der Waals surface area contributed by atoms with E-state index in [1.54, 1.807) is 0 Å². The molecule has 0 aromatic carbocycles. The summed E-state index contributed by atoms with van der Waals surface area (Å²) < 4.78 is 0. The fraction of sp³-hybridized carbons (Fsp3) is 0.818. The van der Waals surface area contributed by atoms with Gasteiger partial charge in [-0.3, -0.25) is 0 Å². The fourth-order valence-corrected chi connectivity index (χ4v) is 0.976. The summed E-state index contributed by atoms with van der Waals surface area (Å²) in [6.07, 6.45) is 8.24. The zero-order valence-corrected chi connectivity index (χ0v) is 8.23. The smallest absolute Gasteiger partial charge is 0.00886 e. The molecule has 2 N–H and O–H groups in total. The molecule has 1 nitrogen and oxygen atoms in total. The van der Waals surface area contributed by atoms with Crippen LogP contribution < -0.4 is 5.73 Å². The minimum absolute atomic E-state index is 0.823. The van der Waals surface area contributed by atoms with Crippen LogP contribution in [0.1, 0.15) is 51.9 Å². The molecule has 1 heteroatoms. The van der Waals surface area contributed by atoms with E-state index in [1.165, 1.54) is 25.7 Å². The summed E-state index contributed by atoms with van der Waals surface area (Å²) >= 11 is 0. The van der Waals surface area contributed by atoms with Crippen molar-refractivity contribution in [2.24, 2.45) is 5.73 Å². The molecule has 0 aliphatic carbocycles. The molecular formula is C11H21N. The first-order valence-corrected chi connectivity index (χ1v) is 5.07. The highest BCUT2D eigenvalue weighted by Gasteiger charge is 1.83. The highest BCUT2D eigenvalue weighted by molar-refractivity contribution is 4.98. The van der Waals surface area contributed by atoms with Crippen molar-refractivity contribution >= 4 is 0 Å². The topological polar surface area (TPSA) is 26.0 Å². The van der Waals surface area contributed by atoms with Crippen molar-refractivity contribution in [1.82, 2.24) is 0 Å². The normalized spacial score (nSPS) is 9.17. The van der Waals surface area contributed by atoms with Crippen LogP contribution >= 0.6 is 0 Å². The Hall–Kier alpha value is -0.480. The largest absolute Gasteiger partial charge is 0.330 e. The van der Waals surface area contributed by atoms with E-state index in [9.17, 15) is 0 Å². The summed E-state index contributed by atoms with van der Waals surface area (Å²) in [7, 11) is 0. The first-order valence-electron chi connectivity index (χ1n) is 5.07. The zero-order valence-electron chi connectivity index (χ0n) is 8.23. The third kappa shape index (κ3) is 9.52. The van der Waals surface area contributed by atoms with Crippen LogP contribution in [0.5, 0.6) is 0 Å². The van der Waals surface area contributed by atoms with Crippen LogP contribution in [-0.2, 0) is 0 Å². The van der Waals surface area contributed by atoms with Crippen LogP contribution in [0.3, 0.4) is 0 Å². The molecule has 12 heavy (non-hydrogen) atoms. The minimum atomic E-state index is 0.823. The standard InChI is InChI=1S/C11H21N/c1-2-3-4-5-6-7-8-9-10-11-12/h2-4,7-12H2,1H3. The van der Waals surface area contributed by atoms with E-state index >= 15 is 0 Å². The van der Waals surface area contributed by atoms with E-state index < -0.39 is 0 Å². The Morgan fingerprint density at radius 3 is 2.17 bits per heavy atom. The predicted molar refractivity (Wildman–Crippen MR) is 54.8 cm³/mol. The van der Waals surface area contributed by atoms with Crippen LogP contribution in [0.25, 0.3) is 0 Å². The van der Waals surface area contributed by atoms with Gasteiger partial charge < -0.3 is 5.73 Å². The van der Waals surface area contributed by atoms with Gasteiger partial charge >= 0.3 is 0 Å². The van der Waals surface area contributed by atoms with Crippen LogP contribution in [0.4, 0.5) is 0 Å². The first kappa shape index (κ1) is 11.5. The van der Waals surface area contributed by atoms with Crippen molar-refractivity contribution in [3.05, 3.63) is 0 Å². The lowest BCUT2D eigenvalue weighted by Crippen LogP contribution is -1.97. The van der Waals surface area contributed by atoms with E-state index in [4.69, 9.17) is 5.73 Å². The van der Waals surface area contributed by atoms with E-state index in [1.807, 2.05) is 0 Å². The number of unbranched alkanes of at least 4 members (excludes halogenated alkanes) is 5. The van der Waals surface area contributed by atoms with Gasteiger partial charge in [0.05, 0.1) is 0 Å². The highest BCUT2D eigenvalue weighted by Crippen LogP contribution is 1.97. The maximum Gasteiger partial charge on any atom is 0.00886 e. The summed E-state index contributed by atoms with van der Waals surface area (Å²) in [5.74, 6) is 6.37. The van der Waals surface area contributed by atoms with Crippen LogP contribution in [0, 0.1) is 11.8 Å². The molecule has 70 valence electrons. The van der Waals surface area contributed by atoms with Crippen LogP contribution in [-0.4, -0.2) is 6.54 Å². The Labute approximate surface area is 76.7 Å². The lowest BCUT2D eigenvalue weighted by Gasteiger charge is -1.92. The van der Waals surface area contributed by atoms with E-state index in [0.717, 1.165) is 25.8 Å². The maximum absolute atomic E-state index is 5.37. The predicted octanol–water partition coefficient (Wildman–Crippen LogP) is 2.70. The molecule has 0 aromatic rings. The van der Waals surface area contributed by atoms with E-state index in [-0.39, 0.29) is 0 Å². The average molecular weight is 167 g/mol. The Morgan fingerprint density at radius 1 is 0.917 bits per heavy atom. The molecule has 0 aliphatic heterocycles. The monoisotopic (exact) mass is 167 g/mol. The molecular weight excluding hydrogens is 146 g/mol. The van der Waals surface area contributed by atoms with Gasteiger partial charge in [0.2, 0.25) is 0 Å². The quantitative estimate of drug-likeness (QED) is 0.477. The molecule has 0 heterocycles. The SMILES string of the molecule is CCCCC#CCCCCCN. The van der Waals surface area contributed by atoms with Gasteiger partial charge in [0.25, 0.3) is 0 Å². The number of nitrogens with two attached hydrogens (primary N) is 1. The van der Waals surface area contributed by atoms with Crippen LogP contribution in [0.15, 0.2) is 0 Å². The van der Waals surface area contributed by atoms with Gasteiger partial charge in [-0.2, -0.15) is 0 Å². The van der Waals surface area contributed by atoms with Crippen molar-refractivity contribution < 1.29 is 0 Å². The Morgan fingerprint density at radius 2 is 1.58 bits per heavy atom. The molecule has 0 atom stereocenters. The first-order chi connectivity index (χ1) is 5.91. The fourth-order valence-electron chi connectivity index (χ4n) is 0.976. The molecule has 0 rings (SSSR count). The average Bonchev–Trinajstić information content (AvgIpc) is 2.10. The zero-order chi connectivity index (χ0) is 9.07. The lowest BCUT2D eigenvalue weighted by molar-refractivity contribution is 0.701. The van der Waals surface area contributed by atoms with E-state index in [2.05, 4.69) is 18.8 Å². The second kappa shape index (κ2) is 10.5. The molecule has 0 aromatic heterocycles. The molecule has 0 fully saturated rings. The second-order valence-electron chi connectivity index (χ2n) is 3.06. The number of hydrogen-bond acceptors (Lipinski definition) is 1. The molecule has 0 bridgehead atoms. The summed E-state index contributed by atoms with van der Waals surface area (Å²) in [5.41, 5.74) is 5.37. The molecule has 0 spiro atoms. The maximum atomic E-state index is 5.37. The Balaban J connectivity index is 2.99. The molecule has 0 radical (unpaired) electrons. The van der Waals surface area contributed by atoms with Crippen molar-refractivity contribution in [1.29, 1.82) is 0 Å². The highest BCUT2D eigenvalue weighted by atomic mass is 14.5. The summed E-state index contributed by atoms with van der Waals surface area (Å²) in [5, 5.41) is 0. The third-order valence-corrected chi connectivity index (χ3v) is 1.79. The van der Waals surface area contributed by atoms with Gasteiger partial charge in [0, 0.05) is 12.8 Å². The third-order valence-electron chi connectivity index (χ3n) is 1.79. The van der Waals surface area contributed by atoms with Crippen molar-refractivity contribution in [2.45, 2.75) is 51.9 Å². The molecule has 0 amide bonds. The van der Waals surface area contributed by atoms with Crippen molar-refractivity contribution in [3.63, 3.8) is 0 Å². The summed E-state index contributed by atoms with van der Waals surface area (Å²) in [6, 6.07) is 0. The van der Waals surface area contributed by atoms with Gasteiger partial charge in [0.15, 0.2) is 0 Å². The Bertz CT molecular complexity index is 130. The van der Waals surface area contributed by atoms with Gasteiger partial charge in [-0.25, -0.2) is 0 Å². The molecule has 0 unspecified atom stereocenters. The van der Waals surface area contributed by atoms with Gasteiger partial charge in [-0.1, -0.05) is 19.8 Å². The summed E-state index contributed by atoms with van der Waals surface area (Å²) in [4.78, 5) is 0. The molecule has 0 saturated carbocycles. The van der Waals surface area contributed by atoms with Crippen molar-refractivity contribution in [2.75, 3.05) is 6.54 Å². The second-order valence-corrected chi connectivity index (χ2v) is 3.06. The van der Waals surface area contributed by atoms with Gasteiger partial charge in [0.1, 0.15) is 0 Å². The Kier molecular flexibility index (Phi) is 10.1.